The predicted molar refractivity (Wildman–Crippen MR) is 116 cm³/mol. The zero-order chi connectivity index (χ0) is 21.4. The molecule has 0 radical (unpaired) electrons. The molecule has 0 aliphatic carbocycles. The van der Waals surface area contributed by atoms with Crippen LogP contribution in [0.5, 0.6) is 11.5 Å². The SMILES string of the molecule is C=CCN1C(=O)c2[nH]nc(-c3c(C)cc(C)cc3O)c2[C@H]1c1cccc(OCC)c1. The van der Waals surface area contributed by atoms with Crippen molar-refractivity contribution < 1.29 is 14.6 Å². The summed E-state index contributed by atoms with van der Waals surface area (Å²) in [6.45, 7) is 10.6. The molecule has 1 amide bonds. The minimum Gasteiger partial charge on any atom is -0.507 e. The van der Waals surface area contributed by atoms with Gasteiger partial charge in [-0.05, 0) is 55.7 Å². The lowest BCUT2D eigenvalue weighted by atomic mass is 9.93. The van der Waals surface area contributed by atoms with Gasteiger partial charge in [0.15, 0.2) is 0 Å². The number of carbonyl (C=O) groups excluding carboxylic acids is 1. The number of hydrogen-bond acceptors (Lipinski definition) is 4. The third kappa shape index (κ3) is 3.14. The van der Waals surface area contributed by atoms with Crippen LogP contribution < -0.4 is 4.74 Å². The van der Waals surface area contributed by atoms with E-state index in [2.05, 4.69) is 16.8 Å². The zero-order valence-electron chi connectivity index (χ0n) is 17.4. The number of aromatic nitrogens is 2. The van der Waals surface area contributed by atoms with Crippen molar-refractivity contribution in [2.24, 2.45) is 0 Å². The Bertz CT molecular complexity index is 1110. The zero-order valence-corrected chi connectivity index (χ0v) is 17.4. The van der Waals surface area contributed by atoms with Gasteiger partial charge in [-0.25, -0.2) is 0 Å². The first-order chi connectivity index (χ1) is 14.5. The van der Waals surface area contributed by atoms with Gasteiger partial charge in [0.1, 0.15) is 22.9 Å². The maximum absolute atomic E-state index is 13.2. The van der Waals surface area contributed by atoms with E-state index in [4.69, 9.17) is 4.74 Å². The largest absolute Gasteiger partial charge is 0.507 e. The molecule has 0 unspecified atom stereocenters. The number of carbonyl (C=O) groups is 1. The maximum Gasteiger partial charge on any atom is 0.273 e. The van der Waals surface area contributed by atoms with E-state index in [0.717, 1.165) is 28.0 Å². The van der Waals surface area contributed by atoms with Gasteiger partial charge in [0.05, 0.1) is 12.6 Å². The molecule has 1 aromatic heterocycles. The Balaban J connectivity index is 1.93. The number of nitrogens with zero attached hydrogens (tertiary/aromatic N) is 2. The van der Waals surface area contributed by atoms with Crippen molar-refractivity contribution >= 4 is 5.91 Å². The van der Waals surface area contributed by atoms with Gasteiger partial charge < -0.3 is 14.7 Å². The van der Waals surface area contributed by atoms with Gasteiger partial charge >= 0.3 is 0 Å². The van der Waals surface area contributed by atoms with Crippen LogP contribution in [0.4, 0.5) is 0 Å². The molecule has 0 saturated carbocycles. The molecule has 30 heavy (non-hydrogen) atoms. The van der Waals surface area contributed by atoms with Crippen LogP contribution in [-0.2, 0) is 0 Å². The first-order valence-corrected chi connectivity index (χ1v) is 9.99. The van der Waals surface area contributed by atoms with Crippen LogP contribution >= 0.6 is 0 Å². The van der Waals surface area contributed by atoms with E-state index in [1.54, 1.807) is 17.0 Å². The second-order valence-corrected chi connectivity index (χ2v) is 7.49. The van der Waals surface area contributed by atoms with E-state index in [-0.39, 0.29) is 17.7 Å². The highest BCUT2D eigenvalue weighted by Gasteiger charge is 2.42. The first kappa shape index (κ1) is 19.8. The number of aryl methyl sites for hydroxylation is 2. The Morgan fingerprint density at radius 2 is 2.10 bits per heavy atom. The summed E-state index contributed by atoms with van der Waals surface area (Å²) in [7, 11) is 0. The number of aromatic hydroxyl groups is 1. The summed E-state index contributed by atoms with van der Waals surface area (Å²) < 4.78 is 5.68. The summed E-state index contributed by atoms with van der Waals surface area (Å²) >= 11 is 0. The molecule has 0 bridgehead atoms. The molecule has 154 valence electrons. The summed E-state index contributed by atoms with van der Waals surface area (Å²) in [4.78, 5) is 14.9. The predicted octanol–water partition coefficient (Wildman–Crippen LogP) is 4.53. The van der Waals surface area contributed by atoms with E-state index >= 15 is 0 Å². The van der Waals surface area contributed by atoms with Gasteiger partial charge in [0.25, 0.3) is 5.91 Å². The van der Waals surface area contributed by atoms with Crippen molar-refractivity contribution in [1.29, 1.82) is 0 Å². The number of amides is 1. The number of aromatic amines is 1. The van der Waals surface area contributed by atoms with Crippen molar-refractivity contribution in [3.63, 3.8) is 0 Å². The van der Waals surface area contributed by atoms with Crippen molar-refractivity contribution in [1.82, 2.24) is 15.1 Å². The van der Waals surface area contributed by atoms with Crippen LogP contribution in [0.2, 0.25) is 0 Å². The molecule has 6 heteroatoms. The molecule has 0 saturated heterocycles. The molecule has 2 heterocycles. The molecule has 4 rings (SSSR count). The summed E-state index contributed by atoms with van der Waals surface area (Å²) in [5.41, 5.74) is 5.21. The van der Waals surface area contributed by atoms with E-state index in [0.29, 0.717) is 30.1 Å². The molecule has 6 nitrogen and oxygen atoms in total. The molecular weight excluding hydrogens is 378 g/mol. The fourth-order valence-corrected chi connectivity index (χ4v) is 4.26. The van der Waals surface area contributed by atoms with Crippen molar-refractivity contribution in [2.75, 3.05) is 13.2 Å². The second-order valence-electron chi connectivity index (χ2n) is 7.49. The molecule has 2 aromatic carbocycles. The number of benzene rings is 2. The van der Waals surface area contributed by atoms with Crippen LogP contribution in [-0.4, -0.2) is 39.3 Å². The van der Waals surface area contributed by atoms with E-state index < -0.39 is 0 Å². The minimum atomic E-state index is -0.361. The Hall–Kier alpha value is -3.54. The third-order valence-electron chi connectivity index (χ3n) is 5.37. The molecule has 1 aliphatic rings. The normalized spacial score (nSPS) is 15.4. The highest BCUT2D eigenvalue weighted by Crippen LogP contribution is 2.45. The smallest absolute Gasteiger partial charge is 0.273 e. The number of phenolic OH excluding ortho intramolecular Hbond substituents is 1. The summed E-state index contributed by atoms with van der Waals surface area (Å²) in [6, 6.07) is 11.1. The Kier molecular flexibility index (Phi) is 5.08. The topological polar surface area (TPSA) is 78.5 Å². The van der Waals surface area contributed by atoms with Crippen LogP contribution in [0.15, 0.2) is 49.1 Å². The number of hydrogen-bond donors (Lipinski definition) is 2. The molecule has 0 spiro atoms. The second kappa shape index (κ2) is 7.71. The Morgan fingerprint density at radius 1 is 1.30 bits per heavy atom. The van der Waals surface area contributed by atoms with Gasteiger partial charge in [0.2, 0.25) is 0 Å². The average Bonchev–Trinajstić information content (AvgIpc) is 3.22. The molecule has 2 N–H and O–H groups in total. The lowest BCUT2D eigenvalue weighted by Crippen LogP contribution is -2.29. The van der Waals surface area contributed by atoms with Crippen molar-refractivity contribution in [3.8, 4) is 22.8 Å². The monoisotopic (exact) mass is 403 g/mol. The van der Waals surface area contributed by atoms with Crippen LogP contribution in [0.25, 0.3) is 11.3 Å². The van der Waals surface area contributed by atoms with E-state index in [1.165, 1.54) is 0 Å². The summed E-state index contributed by atoms with van der Waals surface area (Å²) in [5.74, 6) is 0.756. The first-order valence-electron chi connectivity index (χ1n) is 9.99. The minimum absolute atomic E-state index is 0.139. The lowest BCUT2D eigenvalue weighted by molar-refractivity contribution is 0.0764. The molecule has 0 fully saturated rings. The van der Waals surface area contributed by atoms with Crippen molar-refractivity contribution in [3.05, 3.63) is 77.0 Å². The highest BCUT2D eigenvalue weighted by atomic mass is 16.5. The maximum atomic E-state index is 13.2. The van der Waals surface area contributed by atoms with E-state index in [1.807, 2.05) is 51.1 Å². The number of H-pyrrole nitrogens is 1. The lowest BCUT2D eigenvalue weighted by Gasteiger charge is -2.25. The molecule has 1 aliphatic heterocycles. The average molecular weight is 403 g/mol. The van der Waals surface area contributed by atoms with Crippen molar-refractivity contribution in [2.45, 2.75) is 26.8 Å². The quantitative estimate of drug-likeness (QED) is 0.593. The fourth-order valence-electron chi connectivity index (χ4n) is 4.26. The van der Waals surface area contributed by atoms with Gasteiger partial charge in [-0.3, -0.25) is 9.89 Å². The Labute approximate surface area is 175 Å². The van der Waals surface area contributed by atoms with E-state index in [9.17, 15) is 9.90 Å². The summed E-state index contributed by atoms with van der Waals surface area (Å²) in [6.07, 6.45) is 1.71. The van der Waals surface area contributed by atoms with Crippen LogP contribution in [0.1, 0.15) is 45.7 Å². The van der Waals surface area contributed by atoms with Gasteiger partial charge in [0, 0.05) is 17.7 Å². The number of fused-ring (bicyclic) bond motifs is 1. The van der Waals surface area contributed by atoms with Gasteiger partial charge in [-0.1, -0.05) is 24.3 Å². The number of ether oxygens (including phenoxy) is 1. The number of rotatable bonds is 6. The third-order valence-corrected chi connectivity index (χ3v) is 5.37. The molecule has 1 atom stereocenters. The standard InChI is InChI=1S/C24H25N3O3/c1-5-10-27-23(16-8-7-9-17(13-16)30-6-2)20-21(25-26-22(20)24(27)29)19-15(4)11-14(3)12-18(19)28/h5,7-9,11-13,23,28H,1,6,10H2,2-4H3,(H,25,26)/t23-/m1/s1. The van der Waals surface area contributed by atoms with Crippen LogP contribution in [0.3, 0.4) is 0 Å². The number of nitrogens with one attached hydrogen (secondary N) is 1. The number of phenols is 1. The highest BCUT2D eigenvalue weighted by molar-refractivity contribution is 6.00. The fraction of sp³-hybridized carbons (Fsp3) is 0.250. The van der Waals surface area contributed by atoms with Gasteiger partial charge in [-0.15, -0.1) is 6.58 Å². The van der Waals surface area contributed by atoms with Gasteiger partial charge in [-0.2, -0.15) is 5.10 Å². The molecular formula is C24H25N3O3. The molecule has 3 aromatic rings. The summed E-state index contributed by atoms with van der Waals surface area (Å²) in [5, 5.41) is 18.1. The Morgan fingerprint density at radius 3 is 2.80 bits per heavy atom. The van der Waals surface area contributed by atoms with Crippen LogP contribution in [0, 0.1) is 13.8 Å².